The van der Waals surface area contributed by atoms with Gasteiger partial charge in [-0.2, -0.15) is 0 Å². The number of furan rings is 2. The highest BCUT2D eigenvalue weighted by Crippen LogP contribution is 2.32. The van der Waals surface area contributed by atoms with Crippen molar-refractivity contribution in [2.45, 2.75) is 38.8 Å². The second-order valence-electron chi connectivity index (χ2n) is 8.26. The largest absolute Gasteiger partial charge is 0.461 e. The molecule has 3 aromatic rings. The van der Waals surface area contributed by atoms with Gasteiger partial charge in [-0.05, 0) is 70.0 Å². The summed E-state index contributed by atoms with van der Waals surface area (Å²) in [5.74, 6) is 3.26. The smallest absolute Gasteiger partial charge is 0.287 e. The summed E-state index contributed by atoms with van der Waals surface area (Å²) >= 11 is 0. The quantitative estimate of drug-likeness (QED) is 0.700. The van der Waals surface area contributed by atoms with Crippen LogP contribution in [0, 0.1) is 12.8 Å². The van der Waals surface area contributed by atoms with E-state index >= 15 is 0 Å². The van der Waals surface area contributed by atoms with Crippen molar-refractivity contribution in [3.63, 3.8) is 0 Å². The molecule has 2 unspecified atom stereocenters. The number of hydrogen-bond acceptors (Lipinski definition) is 4. The molecule has 5 heterocycles. The first-order valence-electron chi connectivity index (χ1n) is 10.4. The first-order chi connectivity index (χ1) is 14.1. The predicted octanol–water partition coefficient (Wildman–Crippen LogP) is 4.73. The number of nitrogens with one attached hydrogen (secondary N) is 1. The summed E-state index contributed by atoms with van der Waals surface area (Å²) in [6, 6.07) is 16.1. The summed E-state index contributed by atoms with van der Waals surface area (Å²) in [6.45, 7) is 6.45. The first kappa shape index (κ1) is 18.3. The Morgan fingerprint density at radius 3 is 2.14 bits per heavy atom. The van der Waals surface area contributed by atoms with Crippen LogP contribution in [-0.4, -0.2) is 36.0 Å². The average Bonchev–Trinajstić information content (AvgIpc) is 3.41. The molecule has 0 spiro atoms. The van der Waals surface area contributed by atoms with Crippen molar-refractivity contribution < 1.29 is 13.6 Å². The lowest BCUT2D eigenvalue weighted by atomic mass is 9.79. The zero-order chi connectivity index (χ0) is 20.0. The van der Waals surface area contributed by atoms with E-state index in [1.165, 1.54) is 12.8 Å². The molecule has 29 heavy (non-hydrogen) atoms. The van der Waals surface area contributed by atoms with Gasteiger partial charge in [0, 0.05) is 23.2 Å². The molecule has 3 aliphatic heterocycles. The molecule has 1 amide bonds. The van der Waals surface area contributed by atoms with E-state index in [1.807, 2.05) is 49.4 Å². The van der Waals surface area contributed by atoms with Crippen LogP contribution in [0.3, 0.4) is 0 Å². The van der Waals surface area contributed by atoms with Crippen molar-refractivity contribution in [3.8, 4) is 22.6 Å². The Labute approximate surface area is 170 Å². The molecule has 1 aromatic carbocycles. The molecule has 1 N–H and O–H groups in total. The molecular formula is C24H26N2O3. The first-order valence-corrected chi connectivity index (χ1v) is 10.4. The monoisotopic (exact) mass is 390 g/mol. The minimum atomic E-state index is -0.121. The second-order valence-corrected chi connectivity index (χ2v) is 8.26. The molecule has 3 aliphatic rings. The van der Waals surface area contributed by atoms with Gasteiger partial charge in [-0.15, -0.1) is 0 Å². The third kappa shape index (κ3) is 3.40. The van der Waals surface area contributed by atoms with E-state index in [1.54, 1.807) is 6.07 Å². The van der Waals surface area contributed by atoms with Crippen molar-refractivity contribution in [2.24, 2.45) is 5.92 Å². The number of benzene rings is 1. The van der Waals surface area contributed by atoms with E-state index in [9.17, 15) is 4.79 Å². The molecule has 2 bridgehead atoms. The Bertz CT molecular complexity index is 1010. The van der Waals surface area contributed by atoms with E-state index in [4.69, 9.17) is 8.83 Å². The van der Waals surface area contributed by atoms with Gasteiger partial charge in [-0.1, -0.05) is 24.3 Å². The fourth-order valence-corrected chi connectivity index (χ4v) is 4.77. The van der Waals surface area contributed by atoms with E-state index in [2.05, 4.69) is 17.1 Å². The van der Waals surface area contributed by atoms with Crippen molar-refractivity contribution >= 4 is 5.91 Å². The lowest BCUT2D eigenvalue weighted by Gasteiger charge is -2.49. The molecule has 150 valence electrons. The highest BCUT2D eigenvalue weighted by Gasteiger charge is 2.40. The van der Waals surface area contributed by atoms with E-state index in [0.29, 0.717) is 23.5 Å². The molecule has 0 saturated carbocycles. The highest BCUT2D eigenvalue weighted by atomic mass is 16.4. The number of rotatable bonds is 4. The van der Waals surface area contributed by atoms with Crippen molar-refractivity contribution in [1.82, 2.24) is 10.2 Å². The lowest BCUT2D eigenvalue weighted by Crippen LogP contribution is -2.62. The summed E-state index contributed by atoms with van der Waals surface area (Å²) in [4.78, 5) is 15.3. The minimum absolute atomic E-state index is 0.121. The summed E-state index contributed by atoms with van der Waals surface area (Å²) in [5.41, 5.74) is 1.95. The van der Waals surface area contributed by atoms with Crippen LogP contribution in [0.2, 0.25) is 0 Å². The van der Waals surface area contributed by atoms with E-state index < -0.39 is 0 Å². The number of fused-ring (bicyclic) bond motifs is 3. The summed E-state index contributed by atoms with van der Waals surface area (Å²) in [5, 5.41) is 3.23. The van der Waals surface area contributed by atoms with Gasteiger partial charge in [0.05, 0.1) is 0 Å². The SMILES string of the molecule is Cc1ccc(-c2ccc(-c3ccc(C(=O)NC4C5CCN(CC5)C4C)o3)cc2)o1. The third-order valence-corrected chi connectivity index (χ3v) is 6.50. The summed E-state index contributed by atoms with van der Waals surface area (Å²) < 4.78 is 11.6. The van der Waals surface area contributed by atoms with E-state index in [0.717, 1.165) is 35.7 Å². The van der Waals surface area contributed by atoms with E-state index in [-0.39, 0.29) is 11.9 Å². The number of carbonyl (C=O) groups excluding carboxylic acids is 1. The molecule has 2 aromatic heterocycles. The Kier molecular flexibility index (Phi) is 4.55. The van der Waals surface area contributed by atoms with Gasteiger partial charge in [0.1, 0.15) is 17.3 Å². The van der Waals surface area contributed by atoms with Crippen LogP contribution in [0.4, 0.5) is 0 Å². The van der Waals surface area contributed by atoms with Crippen LogP contribution in [-0.2, 0) is 0 Å². The van der Waals surface area contributed by atoms with Crippen molar-refractivity contribution in [2.75, 3.05) is 13.1 Å². The molecule has 6 rings (SSSR count). The summed E-state index contributed by atoms with van der Waals surface area (Å²) in [7, 11) is 0. The maximum Gasteiger partial charge on any atom is 0.287 e. The standard InChI is InChI=1S/C24H26N2O3/c1-15-3-8-20(28-15)17-4-6-18(7-5-17)21-9-10-22(29-21)24(27)25-23-16(2)26-13-11-19(23)12-14-26/h3-10,16,19,23H,11-14H2,1-2H3,(H,25,27). The lowest BCUT2D eigenvalue weighted by molar-refractivity contribution is 0.0211. The molecule has 5 heteroatoms. The number of carbonyl (C=O) groups is 1. The highest BCUT2D eigenvalue weighted by molar-refractivity contribution is 5.92. The average molecular weight is 390 g/mol. The summed E-state index contributed by atoms with van der Waals surface area (Å²) in [6.07, 6.45) is 2.33. The number of piperidine rings is 3. The van der Waals surface area contributed by atoms with Gasteiger partial charge in [0.15, 0.2) is 5.76 Å². The zero-order valence-electron chi connectivity index (χ0n) is 16.9. The number of hydrogen-bond donors (Lipinski definition) is 1. The molecule has 0 radical (unpaired) electrons. The van der Waals surface area contributed by atoms with Crippen LogP contribution < -0.4 is 5.32 Å². The second kappa shape index (κ2) is 7.23. The van der Waals surface area contributed by atoms with Gasteiger partial charge >= 0.3 is 0 Å². The van der Waals surface area contributed by atoms with Gasteiger partial charge in [0.2, 0.25) is 0 Å². The Morgan fingerprint density at radius 1 is 0.931 bits per heavy atom. The van der Waals surface area contributed by atoms with Gasteiger partial charge in [0.25, 0.3) is 5.91 Å². The fourth-order valence-electron chi connectivity index (χ4n) is 4.77. The molecule has 3 fully saturated rings. The normalized spacial score (nSPS) is 25.9. The Morgan fingerprint density at radius 2 is 1.55 bits per heavy atom. The zero-order valence-corrected chi connectivity index (χ0v) is 16.9. The van der Waals surface area contributed by atoms with Crippen LogP contribution in [0.5, 0.6) is 0 Å². The Balaban J connectivity index is 1.29. The van der Waals surface area contributed by atoms with Crippen LogP contribution in [0.25, 0.3) is 22.6 Å². The van der Waals surface area contributed by atoms with Crippen LogP contribution >= 0.6 is 0 Å². The van der Waals surface area contributed by atoms with Crippen molar-refractivity contribution in [1.29, 1.82) is 0 Å². The topological polar surface area (TPSA) is 58.6 Å². The number of aryl methyl sites for hydroxylation is 1. The van der Waals surface area contributed by atoms with Gasteiger partial charge < -0.3 is 14.2 Å². The molecular weight excluding hydrogens is 364 g/mol. The molecule has 3 saturated heterocycles. The molecule has 5 nitrogen and oxygen atoms in total. The minimum Gasteiger partial charge on any atom is -0.461 e. The molecule has 0 aliphatic carbocycles. The third-order valence-electron chi connectivity index (χ3n) is 6.50. The predicted molar refractivity (Wildman–Crippen MR) is 112 cm³/mol. The molecule has 2 atom stereocenters. The fraction of sp³-hybridized carbons (Fsp3) is 0.375. The number of amides is 1. The van der Waals surface area contributed by atoms with Crippen LogP contribution in [0.15, 0.2) is 57.4 Å². The maximum atomic E-state index is 12.8. The van der Waals surface area contributed by atoms with Gasteiger partial charge in [-0.25, -0.2) is 0 Å². The Hall–Kier alpha value is -2.79. The van der Waals surface area contributed by atoms with Crippen molar-refractivity contribution in [3.05, 3.63) is 60.1 Å². The van der Waals surface area contributed by atoms with Crippen LogP contribution in [0.1, 0.15) is 36.1 Å². The van der Waals surface area contributed by atoms with Gasteiger partial charge in [-0.3, -0.25) is 9.69 Å². The maximum absolute atomic E-state index is 12.8. The number of nitrogens with zero attached hydrogens (tertiary/aromatic N) is 1.